The Kier molecular flexibility index (Phi) is 4.74. The average Bonchev–Trinajstić information content (AvgIpc) is 2.88. The average molecular weight is 360 g/mol. The summed E-state index contributed by atoms with van der Waals surface area (Å²) in [5.74, 6) is -1.10. The largest absolute Gasteiger partial charge is 0.369 e. The van der Waals surface area contributed by atoms with Crippen LogP contribution in [-0.2, 0) is 14.8 Å². The summed E-state index contributed by atoms with van der Waals surface area (Å²) in [6.07, 6.45) is 0. The Morgan fingerprint density at radius 1 is 1.45 bits per heavy atom. The van der Waals surface area contributed by atoms with Crippen LogP contribution in [0, 0.1) is 6.92 Å². The summed E-state index contributed by atoms with van der Waals surface area (Å²) in [5, 5.41) is 2.13. The van der Waals surface area contributed by atoms with E-state index in [9.17, 15) is 13.2 Å². The molecule has 1 amide bonds. The van der Waals surface area contributed by atoms with Crippen molar-refractivity contribution in [2.24, 2.45) is 5.73 Å². The maximum absolute atomic E-state index is 12.4. The highest BCUT2D eigenvalue weighted by Gasteiger charge is 2.21. The molecule has 1 unspecified atom stereocenters. The molecule has 0 saturated heterocycles. The van der Waals surface area contributed by atoms with Crippen molar-refractivity contribution in [2.45, 2.75) is 24.7 Å². The molecule has 1 heterocycles. The number of sulfonamides is 1. The molecule has 9 heteroatoms. The molecule has 0 aliphatic heterocycles. The standard InChI is InChI=1S/C13H14ClN3O3S2/c1-7-9(14)4-3-5-11(7)22(19,20)17-13-16-10(6-21-13)8(2)12(15)18/h3-6,8H,1-2H3,(H2,15,18)(H,16,17). The maximum Gasteiger partial charge on any atom is 0.263 e. The molecule has 1 aromatic heterocycles. The molecule has 0 radical (unpaired) electrons. The van der Waals surface area contributed by atoms with Crippen LogP contribution in [0.5, 0.6) is 0 Å². The lowest BCUT2D eigenvalue weighted by Crippen LogP contribution is -2.19. The van der Waals surface area contributed by atoms with Gasteiger partial charge in [0.25, 0.3) is 10.0 Å². The SMILES string of the molecule is Cc1c(Cl)cccc1S(=O)(=O)Nc1nc(C(C)C(N)=O)cs1. The van der Waals surface area contributed by atoms with Crippen LogP contribution >= 0.6 is 22.9 Å². The highest BCUT2D eigenvalue weighted by atomic mass is 35.5. The van der Waals surface area contributed by atoms with E-state index in [1.165, 1.54) is 6.07 Å². The van der Waals surface area contributed by atoms with Crippen LogP contribution in [0.15, 0.2) is 28.5 Å². The number of hydrogen-bond acceptors (Lipinski definition) is 5. The molecule has 0 aliphatic rings. The van der Waals surface area contributed by atoms with Gasteiger partial charge >= 0.3 is 0 Å². The zero-order valence-electron chi connectivity index (χ0n) is 11.8. The Bertz CT molecular complexity index is 818. The number of aromatic nitrogens is 1. The summed E-state index contributed by atoms with van der Waals surface area (Å²) in [4.78, 5) is 15.3. The van der Waals surface area contributed by atoms with Crippen LogP contribution in [0.4, 0.5) is 5.13 Å². The summed E-state index contributed by atoms with van der Waals surface area (Å²) in [6, 6.07) is 4.64. The van der Waals surface area contributed by atoms with E-state index in [0.29, 0.717) is 16.3 Å². The van der Waals surface area contributed by atoms with Crippen molar-refractivity contribution < 1.29 is 13.2 Å². The van der Waals surface area contributed by atoms with E-state index >= 15 is 0 Å². The monoisotopic (exact) mass is 359 g/mol. The molecule has 2 aromatic rings. The summed E-state index contributed by atoms with van der Waals surface area (Å²) < 4.78 is 27.2. The van der Waals surface area contributed by atoms with Crippen LogP contribution < -0.4 is 10.5 Å². The minimum Gasteiger partial charge on any atom is -0.369 e. The predicted octanol–water partition coefficient (Wildman–Crippen LogP) is 2.49. The second-order valence-corrected chi connectivity index (χ2v) is 7.59. The minimum absolute atomic E-state index is 0.0831. The summed E-state index contributed by atoms with van der Waals surface area (Å²) in [7, 11) is -3.80. The van der Waals surface area contributed by atoms with Crippen molar-refractivity contribution >= 4 is 44.0 Å². The van der Waals surface area contributed by atoms with Crippen molar-refractivity contribution in [1.29, 1.82) is 0 Å². The third-order valence-corrected chi connectivity index (χ3v) is 5.92. The zero-order valence-corrected chi connectivity index (χ0v) is 14.2. The van der Waals surface area contributed by atoms with Gasteiger partial charge in [-0.2, -0.15) is 0 Å². The van der Waals surface area contributed by atoms with E-state index in [4.69, 9.17) is 17.3 Å². The Labute approximate surface area is 137 Å². The Hall–Kier alpha value is -1.64. The van der Waals surface area contributed by atoms with Crippen molar-refractivity contribution in [3.63, 3.8) is 0 Å². The molecule has 3 N–H and O–H groups in total. The predicted molar refractivity (Wildman–Crippen MR) is 86.7 cm³/mol. The Morgan fingerprint density at radius 2 is 2.14 bits per heavy atom. The van der Waals surface area contributed by atoms with E-state index in [-0.39, 0.29) is 10.0 Å². The van der Waals surface area contributed by atoms with Crippen LogP contribution in [-0.4, -0.2) is 19.3 Å². The lowest BCUT2D eigenvalue weighted by atomic mass is 10.1. The fraction of sp³-hybridized carbons (Fsp3) is 0.231. The number of halogens is 1. The third-order valence-electron chi connectivity index (χ3n) is 3.12. The first-order valence-corrected chi connectivity index (χ1v) is 8.99. The quantitative estimate of drug-likeness (QED) is 0.856. The fourth-order valence-corrected chi connectivity index (χ4v) is 4.28. The molecule has 0 aliphatic carbocycles. The number of thiazole rings is 1. The number of nitrogens with two attached hydrogens (primary N) is 1. The highest BCUT2D eigenvalue weighted by molar-refractivity contribution is 7.93. The second kappa shape index (κ2) is 6.23. The van der Waals surface area contributed by atoms with Gasteiger partial charge in [-0.25, -0.2) is 13.4 Å². The second-order valence-electron chi connectivity index (χ2n) is 4.67. The fourth-order valence-electron chi connectivity index (χ4n) is 1.73. The summed E-state index contributed by atoms with van der Waals surface area (Å²) in [5.41, 5.74) is 6.09. The number of benzene rings is 1. The van der Waals surface area contributed by atoms with E-state index < -0.39 is 21.8 Å². The van der Waals surface area contributed by atoms with Crippen LogP contribution in [0.3, 0.4) is 0 Å². The molecule has 0 bridgehead atoms. The number of rotatable bonds is 5. The van der Waals surface area contributed by atoms with Crippen molar-refractivity contribution in [1.82, 2.24) is 4.98 Å². The molecule has 118 valence electrons. The third kappa shape index (κ3) is 3.40. The first-order chi connectivity index (χ1) is 10.2. The van der Waals surface area contributed by atoms with Crippen LogP contribution in [0.2, 0.25) is 5.02 Å². The van der Waals surface area contributed by atoms with Gasteiger partial charge in [-0.15, -0.1) is 11.3 Å². The number of primary amides is 1. The number of anilines is 1. The van der Waals surface area contributed by atoms with E-state index in [1.54, 1.807) is 31.4 Å². The van der Waals surface area contributed by atoms with Crippen molar-refractivity contribution in [2.75, 3.05) is 4.72 Å². The summed E-state index contributed by atoms with van der Waals surface area (Å²) in [6.45, 7) is 3.23. The molecule has 0 fully saturated rings. The van der Waals surface area contributed by atoms with Gasteiger partial charge in [0, 0.05) is 10.4 Å². The van der Waals surface area contributed by atoms with Crippen molar-refractivity contribution in [3.8, 4) is 0 Å². The Morgan fingerprint density at radius 3 is 2.77 bits per heavy atom. The molecule has 1 atom stereocenters. The Balaban J connectivity index is 2.30. The summed E-state index contributed by atoms with van der Waals surface area (Å²) >= 11 is 7.03. The van der Waals surface area contributed by atoms with Gasteiger partial charge in [-0.1, -0.05) is 17.7 Å². The molecular weight excluding hydrogens is 346 g/mol. The number of nitrogens with one attached hydrogen (secondary N) is 1. The number of carbonyl (C=O) groups excluding carboxylic acids is 1. The molecule has 22 heavy (non-hydrogen) atoms. The molecular formula is C13H14ClN3O3S2. The minimum atomic E-state index is -3.80. The first kappa shape index (κ1) is 16.7. The van der Waals surface area contributed by atoms with Gasteiger partial charge in [0.05, 0.1) is 16.5 Å². The lowest BCUT2D eigenvalue weighted by molar-refractivity contribution is -0.119. The molecule has 0 saturated carbocycles. The van der Waals surface area contributed by atoms with Gasteiger partial charge in [0.1, 0.15) is 0 Å². The van der Waals surface area contributed by atoms with E-state index in [1.807, 2.05) is 0 Å². The molecule has 2 rings (SSSR count). The maximum atomic E-state index is 12.4. The molecule has 1 aromatic carbocycles. The van der Waals surface area contributed by atoms with Crippen LogP contribution in [0.1, 0.15) is 24.1 Å². The number of carbonyl (C=O) groups is 1. The first-order valence-electron chi connectivity index (χ1n) is 6.25. The number of nitrogens with zero attached hydrogens (tertiary/aromatic N) is 1. The highest BCUT2D eigenvalue weighted by Crippen LogP contribution is 2.27. The zero-order chi connectivity index (χ0) is 16.5. The van der Waals surface area contributed by atoms with Gasteiger partial charge in [-0.3, -0.25) is 9.52 Å². The lowest BCUT2D eigenvalue weighted by Gasteiger charge is -2.09. The van der Waals surface area contributed by atoms with E-state index in [0.717, 1.165) is 11.3 Å². The van der Waals surface area contributed by atoms with Crippen LogP contribution in [0.25, 0.3) is 0 Å². The number of amides is 1. The smallest absolute Gasteiger partial charge is 0.263 e. The molecule has 6 nitrogen and oxygen atoms in total. The van der Waals surface area contributed by atoms with E-state index in [2.05, 4.69) is 9.71 Å². The molecule has 0 spiro atoms. The normalized spacial score (nSPS) is 12.9. The van der Waals surface area contributed by atoms with Gasteiger partial charge < -0.3 is 5.73 Å². The topological polar surface area (TPSA) is 102 Å². The van der Waals surface area contributed by atoms with Crippen molar-refractivity contribution in [3.05, 3.63) is 39.9 Å². The van der Waals surface area contributed by atoms with Gasteiger partial charge in [0.2, 0.25) is 5.91 Å². The van der Waals surface area contributed by atoms with Gasteiger partial charge in [-0.05, 0) is 31.5 Å². The van der Waals surface area contributed by atoms with Gasteiger partial charge in [0.15, 0.2) is 5.13 Å². The number of hydrogen-bond donors (Lipinski definition) is 2.